The number of amides is 1. The number of hydrogen-bond acceptors (Lipinski definition) is 7. The lowest BCUT2D eigenvalue weighted by Crippen LogP contribution is -2.22. The van der Waals surface area contributed by atoms with Gasteiger partial charge in [-0.3, -0.25) is 0 Å². The minimum atomic E-state index is -0.572. The van der Waals surface area contributed by atoms with Gasteiger partial charge in [0.15, 0.2) is 0 Å². The van der Waals surface area contributed by atoms with Crippen molar-refractivity contribution in [3.05, 3.63) is 53.1 Å². The summed E-state index contributed by atoms with van der Waals surface area (Å²) in [7, 11) is 0. The second-order valence-corrected chi connectivity index (χ2v) is 11.0. The molecule has 186 valence electrons. The Balaban J connectivity index is 1.61. The van der Waals surface area contributed by atoms with Gasteiger partial charge in [0.25, 0.3) is 0 Å². The first-order valence-corrected chi connectivity index (χ1v) is 12.9. The number of rotatable bonds is 5. The van der Waals surface area contributed by atoms with E-state index >= 15 is 0 Å². The smallest absolute Gasteiger partial charge is 0.433 e. The van der Waals surface area contributed by atoms with Crippen LogP contribution in [0.25, 0.3) is 21.1 Å². The van der Waals surface area contributed by atoms with Crippen LogP contribution in [-0.2, 0) is 11.2 Å². The molecule has 0 fully saturated rings. The molecule has 0 spiro atoms. The molecule has 1 amide bonds. The average Bonchev–Trinajstić information content (AvgIpc) is 3.31. The topological polar surface area (TPSA) is 97.5 Å². The molecule has 1 heterocycles. The number of aromatic nitrogens is 2. The van der Waals surface area contributed by atoms with Crippen molar-refractivity contribution in [2.75, 3.05) is 0 Å². The van der Waals surface area contributed by atoms with E-state index in [9.17, 15) is 10.1 Å². The number of hydrogen-bond donors (Lipinski definition) is 0. The fourth-order valence-electron chi connectivity index (χ4n) is 4.24. The summed E-state index contributed by atoms with van der Waals surface area (Å²) >= 11 is 1.50. The fourth-order valence-corrected chi connectivity index (χ4v) is 5.13. The Morgan fingerprint density at radius 1 is 1.22 bits per heavy atom. The molecule has 1 aliphatic carbocycles. The second kappa shape index (κ2) is 10.6. The minimum Gasteiger partial charge on any atom is -0.490 e. The van der Waals surface area contributed by atoms with Crippen molar-refractivity contribution in [2.24, 2.45) is 4.99 Å². The first-order chi connectivity index (χ1) is 17.1. The lowest BCUT2D eigenvalue weighted by Gasteiger charge is -2.24. The highest BCUT2D eigenvalue weighted by Gasteiger charge is 2.24. The highest BCUT2D eigenvalue weighted by Crippen LogP contribution is 2.39. The van der Waals surface area contributed by atoms with Crippen molar-refractivity contribution in [3.63, 3.8) is 0 Å². The highest BCUT2D eigenvalue weighted by molar-refractivity contribution is 7.17. The molecule has 1 aromatic heterocycles. The standard InChI is InChI=1S/C28H30N4O3S/c1-17(2)34-24-13-12-18(14-20(24)15-29)25-31-32-26(36-25)23-11-7-9-21-19(8-6-10-22(21)23)16-30-27(33)35-28(3,4)5/h7,9,11-14,16-17,19H,6,8,10H2,1-5H3/b30-16-. The van der Waals surface area contributed by atoms with Crippen LogP contribution in [0.5, 0.6) is 5.75 Å². The SMILES string of the molecule is CC(C)Oc1ccc(-c2nnc(-c3cccc4c3CCCC4/C=N\C(=O)OC(C)(C)C)s2)cc1C#N. The lowest BCUT2D eigenvalue weighted by atomic mass is 9.81. The first-order valence-electron chi connectivity index (χ1n) is 12.1. The van der Waals surface area contributed by atoms with Crippen LogP contribution < -0.4 is 4.74 Å². The third kappa shape index (κ3) is 5.97. The number of aliphatic imine (C=N–C) groups is 1. The van der Waals surface area contributed by atoms with Gasteiger partial charge in [-0.25, -0.2) is 4.79 Å². The number of benzene rings is 2. The van der Waals surface area contributed by atoms with Crippen molar-refractivity contribution in [1.82, 2.24) is 10.2 Å². The van der Waals surface area contributed by atoms with E-state index in [1.165, 1.54) is 16.9 Å². The Bertz CT molecular complexity index is 1330. The number of carbonyl (C=O) groups is 1. The molecule has 4 rings (SSSR count). The van der Waals surface area contributed by atoms with Crippen molar-refractivity contribution < 1.29 is 14.3 Å². The summed E-state index contributed by atoms with van der Waals surface area (Å²) in [5.41, 5.74) is 4.15. The molecule has 36 heavy (non-hydrogen) atoms. The molecule has 0 N–H and O–H groups in total. The summed E-state index contributed by atoms with van der Waals surface area (Å²) in [5, 5.41) is 20.0. The summed E-state index contributed by atoms with van der Waals surface area (Å²) in [6.07, 6.45) is 3.97. The number of nitriles is 1. The summed E-state index contributed by atoms with van der Waals surface area (Å²) < 4.78 is 11.1. The average molecular weight is 503 g/mol. The summed E-state index contributed by atoms with van der Waals surface area (Å²) in [6.45, 7) is 9.34. The second-order valence-electron chi connectivity index (χ2n) is 10.0. The van der Waals surface area contributed by atoms with Crippen LogP contribution in [-0.4, -0.2) is 34.2 Å². The van der Waals surface area contributed by atoms with E-state index in [1.54, 1.807) is 12.3 Å². The van der Waals surface area contributed by atoms with E-state index in [0.717, 1.165) is 46.0 Å². The van der Waals surface area contributed by atoms with Gasteiger partial charge in [0.05, 0.1) is 11.7 Å². The van der Waals surface area contributed by atoms with Crippen molar-refractivity contribution in [3.8, 4) is 33.0 Å². The Hall–Kier alpha value is -3.57. The largest absolute Gasteiger partial charge is 0.490 e. The Kier molecular flexibility index (Phi) is 7.51. The zero-order chi connectivity index (χ0) is 25.9. The van der Waals surface area contributed by atoms with Gasteiger partial charge in [-0.15, -0.1) is 10.2 Å². The molecule has 1 unspecified atom stereocenters. The molecule has 0 bridgehead atoms. The first kappa shape index (κ1) is 25.5. The lowest BCUT2D eigenvalue weighted by molar-refractivity contribution is 0.0604. The molecule has 1 atom stereocenters. The zero-order valence-electron chi connectivity index (χ0n) is 21.2. The van der Waals surface area contributed by atoms with Gasteiger partial charge < -0.3 is 9.47 Å². The molecule has 0 radical (unpaired) electrons. The van der Waals surface area contributed by atoms with Gasteiger partial charge in [0, 0.05) is 23.3 Å². The molecular weight excluding hydrogens is 472 g/mol. The Morgan fingerprint density at radius 3 is 2.72 bits per heavy atom. The fraction of sp³-hybridized carbons (Fsp3) is 0.393. The van der Waals surface area contributed by atoms with Gasteiger partial charge >= 0.3 is 6.09 Å². The van der Waals surface area contributed by atoms with Gasteiger partial charge in [0.1, 0.15) is 27.4 Å². The normalized spacial score (nSPS) is 15.5. The number of carbonyl (C=O) groups excluding carboxylic acids is 1. The molecule has 3 aromatic rings. The summed E-state index contributed by atoms with van der Waals surface area (Å²) in [4.78, 5) is 16.2. The molecular formula is C28H30N4O3S. The molecule has 0 saturated heterocycles. The molecule has 0 aliphatic heterocycles. The maximum Gasteiger partial charge on any atom is 0.433 e. The monoisotopic (exact) mass is 502 g/mol. The maximum absolute atomic E-state index is 12.1. The van der Waals surface area contributed by atoms with E-state index in [2.05, 4.69) is 33.4 Å². The number of ether oxygens (including phenoxy) is 2. The van der Waals surface area contributed by atoms with Crippen LogP contribution in [0.2, 0.25) is 0 Å². The molecule has 7 nitrogen and oxygen atoms in total. The van der Waals surface area contributed by atoms with E-state index in [0.29, 0.717) is 11.3 Å². The predicted octanol–water partition coefficient (Wildman–Crippen LogP) is 6.96. The molecule has 0 saturated carbocycles. The third-order valence-electron chi connectivity index (χ3n) is 5.67. The predicted molar refractivity (Wildman–Crippen MR) is 142 cm³/mol. The number of fused-ring (bicyclic) bond motifs is 1. The summed E-state index contributed by atoms with van der Waals surface area (Å²) in [5.74, 6) is 0.609. The van der Waals surface area contributed by atoms with Crippen LogP contribution in [0.3, 0.4) is 0 Å². The van der Waals surface area contributed by atoms with E-state index in [4.69, 9.17) is 9.47 Å². The molecule has 8 heteroatoms. The summed E-state index contributed by atoms with van der Waals surface area (Å²) in [6, 6.07) is 13.9. The molecule has 2 aromatic carbocycles. The third-order valence-corrected chi connectivity index (χ3v) is 6.68. The van der Waals surface area contributed by atoms with Gasteiger partial charge in [-0.1, -0.05) is 29.5 Å². The Labute approximate surface area is 215 Å². The van der Waals surface area contributed by atoms with Gasteiger partial charge in [0.2, 0.25) is 0 Å². The van der Waals surface area contributed by atoms with Crippen LogP contribution in [0, 0.1) is 11.3 Å². The highest BCUT2D eigenvalue weighted by atomic mass is 32.1. The van der Waals surface area contributed by atoms with Crippen molar-refractivity contribution in [2.45, 2.75) is 71.5 Å². The van der Waals surface area contributed by atoms with E-state index in [1.807, 2.05) is 52.8 Å². The number of nitrogens with zero attached hydrogens (tertiary/aromatic N) is 4. The van der Waals surface area contributed by atoms with E-state index < -0.39 is 11.7 Å². The van der Waals surface area contributed by atoms with Crippen LogP contribution in [0.4, 0.5) is 4.79 Å². The van der Waals surface area contributed by atoms with Gasteiger partial charge in [-0.2, -0.15) is 10.3 Å². The minimum absolute atomic E-state index is 0.0154. The van der Waals surface area contributed by atoms with Crippen LogP contribution in [0.1, 0.15) is 70.1 Å². The van der Waals surface area contributed by atoms with E-state index in [-0.39, 0.29) is 12.0 Å². The van der Waals surface area contributed by atoms with Crippen molar-refractivity contribution >= 4 is 23.6 Å². The quantitative estimate of drug-likeness (QED) is 0.350. The Morgan fingerprint density at radius 2 is 2.00 bits per heavy atom. The van der Waals surface area contributed by atoms with Gasteiger partial charge in [-0.05, 0) is 83.2 Å². The van der Waals surface area contributed by atoms with Crippen LogP contribution in [0.15, 0.2) is 41.4 Å². The zero-order valence-corrected chi connectivity index (χ0v) is 22.1. The maximum atomic E-state index is 12.1. The van der Waals surface area contributed by atoms with Crippen LogP contribution >= 0.6 is 11.3 Å². The molecule has 1 aliphatic rings. The van der Waals surface area contributed by atoms with Crippen molar-refractivity contribution in [1.29, 1.82) is 5.26 Å².